The van der Waals surface area contributed by atoms with E-state index >= 15 is 0 Å². The predicted molar refractivity (Wildman–Crippen MR) is 94.7 cm³/mol. The number of halogens is 1. The van der Waals surface area contributed by atoms with E-state index in [1.54, 1.807) is 25.1 Å². The SMILES string of the molecule is COc1ccc(F)cc1C(=O)Nc1ccc(C(=O)NC(C)C)cc1C. The van der Waals surface area contributed by atoms with Gasteiger partial charge in [0.15, 0.2) is 0 Å². The van der Waals surface area contributed by atoms with Crippen molar-refractivity contribution in [3.63, 3.8) is 0 Å². The highest BCUT2D eigenvalue weighted by atomic mass is 19.1. The molecule has 0 aliphatic carbocycles. The third-order valence-electron chi connectivity index (χ3n) is 3.56. The molecule has 132 valence electrons. The van der Waals surface area contributed by atoms with E-state index in [4.69, 9.17) is 4.74 Å². The van der Waals surface area contributed by atoms with Crippen molar-refractivity contribution in [3.8, 4) is 5.75 Å². The molecule has 0 radical (unpaired) electrons. The predicted octanol–water partition coefficient (Wildman–Crippen LogP) is 3.53. The fourth-order valence-electron chi connectivity index (χ4n) is 2.34. The molecule has 25 heavy (non-hydrogen) atoms. The number of ether oxygens (including phenoxy) is 1. The minimum absolute atomic E-state index is 0.0348. The number of methoxy groups -OCH3 is 1. The normalized spacial score (nSPS) is 10.5. The summed E-state index contributed by atoms with van der Waals surface area (Å²) in [6.45, 7) is 5.54. The monoisotopic (exact) mass is 344 g/mol. The number of rotatable bonds is 5. The van der Waals surface area contributed by atoms with Gasteiger partial charge in [0.2, 0.25) is 0 Å². The summed E-state index contributed by atoms with van der Waals surface area (Å²) in [5.41, 5.74) is 1.87. The Bertz CT molecular complexity index is 803. The Hall–Kier alpha value is -2.89. The summed E-state index contributed by atoms with van der Waals surface area (Å²) in [4.78, 5) is 24.5. The Balaban J connectivity index is 2.22. The summed E-state index contributed by atoms with van der Waals surface area (Å²) in [6.07, 6.45) is 0. The number of carbonyl (C=O) groups excluding carboxylic acids is 2. The van der Waals surface area contributed by atoms with Crippen molar-refractivity contribution in [2.24, 2.45) is 0 Å². The van der Waals surface area contributed by atoms with Gasteiger partial charge in [0.25, 0.3) is 11.8 Å². The van der Waals surface area contributed by atoms with Crippen LogP contribution in [0, 0.1) is 12.7 Å². The van der Waals surface area contributed by atoms with Gasteiger partial charge in [-0.2, -0.15) is 0 Å². The van der Waals surface area contributed by atoms with Crippen molar-refractivity contribution in [1.29, 1.82) is 0 Å². The molecule has 0 aliphatic heterocycles. The van der Waals surface area contributed by atoms with Crippen molar-refractivity contribution < 1.29 is 18.7 Å². The van der Waals surface area contributed by atoms with Gasteiger partial charge in [-0.1, -0.05) is 0 Å². The van der Waals surface area contributed by atoms with Crippen LogP contribution in [0.4, 0.5) is 10.1 Å². The topological polar surface area (TPSA) is 67.4 Å². The number of benzene rings is 2. The van der Waals surface area contributed by atoms with Gasteiger partial charge in [0.1, 0.15) is 11.6 Å². The van der Waals surface area contributed by atoms with Crippen LogP contribution in [-0.4, -0.2) is 25.0 Å². The third kappa shape index (κ3) is 4.56. The Labute approximate surface area is 146 Å². The van der Waals surface area contributed by atoms with E-state index in [-0.39, 0.29) is 23.3 Å². The molecular weight excluding hydrogens is 323 g/mol. The lowest BCUT2D eigenvalue weighted by atomic mass is 10.1. The number of hydrogen-bond donors (Lipinski definition) is 2. The number of anilines is 1. The molecule has 2 aromatic carbocycles. The molecule has 0 fully saturated rings. The van der Waals surface area contributed by atoms with Crippen LogP contribution in [0.1, 0.15) is 40.1 Å². The van der Waals surface area contributed by atoms with Crippen LogP contribution >= 0.6 is 0 Å². The van der Waals surface area contributed by atoms with Crippen molar-refractivity contribution in [2.45, 2.75) is 26.8 Å². The molecule has 0 saturated carbocycles. The average Bonchev–Trinajstić information content (AvgIpc) is 2.55. The molecule has 2 aromatic rings. The van der Waals surface area contributed by atoms with Gasteiger partial charge in [-0.15, -0.1) is 0 Å². The van der Waals surface area contributed by atoms with Gasteiger partial charge in [-0.3, -0.25) is 9.59 Å². The van der Waals surface area contributed by atoms with Crippen LogP contribution in [-0.2, 0) is 0 Å². The lowest BCUT2D eigenvalue weighted by Crippen LogP contribution is -2.30. The first-order chi connectivity index (χ1) is 11.8. The van der Waals surface area contributed by atoms with Crippen LogP contribution in [0.5, 0.6) is 5.75 Å². The van der Waals surface area contributed by atoms with Crippen LogP contribution in [0.3, 0.4) is 0 Å². The van der Waals surface area contributed by atoms with Crippen LogP contribution < -0.4 is 15.4 Å². The summed E-state index contributed by atoms with van der Waals surface area (Å²) in [5.74, 6) is -0.908. The fraction of sp³-hybridized carbons (Fsp3) is 0.263. The highest BCUT2D eigenvalue weighted by molar-refractivity contribution is 6.07. The maximum atomic E-state index is 13.4. The Kier molecular flexibility index (Phi) is 5.75. The molecule has 0 atom stereocenters. The third-order valence-corrected chi connectivity index (χ3v) is 3.56. The fourth-order valence-corrected chi connectivity index (χ4v) is 2.34. The van der Waals surface area contributed by atoms with Gasteiger partial charge in [0, 0.05) is 17.3 Å². The van der Waals surface area contributed by atoms with E-state index in [1.165, 1.54) is 19.2 Å². The minimum Gasteiger partial charge on any atom is -0.496 e. The summed E-state index contributed by atoms with van der Waals surface area (Å²) in [6, 6.07) is 8.74. The lowest BCUT2D eigenvalue weighted by molar-refractivity contribution is 0.0942. The number of amides is 2. The van der Waals surface area contributed by atoms with Crippen molar-refractivity contribution >= 4 is 17.5 Å². The van der Waals surface area contributed by atoms with Crippen molar-refractivity contribution in [3.05, 3.63) is 58.9 Å². The standard InChI is InChI=1S/C19H21FN2O3/c1-11(2)21-18(23)13-5-7-16(12(3)9-13)22-19(24)15-10-14(20)6-8-17(15)25-4/h5-11H,1-4H3,(H,21,23)(H,22,24). The molecule has 6 heteroatoms. The highest BCUT2D eigenvalue weighted by Crippen LogP contribution is 2.23. The molecule has 2 amide bonds. The molecular formula is C19H21FN2O3. The zero-order valence-corrected chi connectivity index (χ0v) is 14.6. The van der Waals surface area contributed by atoms with Gasteiger partial charge < -0.3 is 15.4 Å². The summed E-state index contributed by atoms with van der Waals surface area (Å²) >= 11 is 0. The maximum absolute atomic E-state index is 13.4. The molecule has 0 heterocycles. The lowest BCUT2D eigenvalue weighted by Gasteiger charge is -2.13. The summed E-state index contributed by atoms with van der Waals surface area (Å²) < 4.78 is 18.5. The van der Waals surface area contributed by atoms with Crippen molar-refractivity contribution in [2.75, 3.05) is 12.4 Å². The van der Waals surface area contributed by atoms with E-state index in [9.17, 15) is 14.0 Å². The zero-order chi connectivity index (χ0) is 18.6. The Morgan fingerprint density at radius 2 is 1.80 bits per heavy atom. The highest BCUT2D eigenvalue weighted by Gasteiger charge is 2.15. The van der Waals surface area contributed by atoms with E-state index in [2.05, 4.69) is 10.6 Å². The molecule has 0 saturated heterocycles. The molecule has 0 aromatic heterocycles. The van der Waals surface area contributed by atoms with Crippen molar-refractivity contribution in [1.82, 2.24) is 5.32 Å². The Morgan fingerprint density at radius 1 is 1.08 bits per heavy atom. The second-order valence-electron chi connectivity index (χ2n) is 5.96. The average molecular weight is 344 g/mol. The molecule has 0 unspecified atom stereocenters. The first-order valence-electron chi connectivity index (χ1n) is 7.88. The smallest absolute Gasteiger partial charge is 0.259 e. The molecule has 0 aliphatic rings. The largest absolute Gasteiger partial charge is 0.496 e. The van der Waals surface area contributed by atoms with E-state index in [0.29, 0.717) is 11.3 Å². The first-order valence-corrected chi connectivity index (χ1v) is 7.88. The number of carbonyl (C=O) groups is 2. The first kappa shape index (κ1) is 18.4. The number of hydrogen-bond acceptors (Lipinski definition) is 3. The van der Waals surface area contributed by atoms with E-state index < -0.39 is 11.7 Å². The van der Waals surface area contributed by atoms with Gasteiger partial charge in [-0.05, 0) is 62.7 Å². The zero-order valence-electron chi connectivity index (χ0n) is 14.6. The summed E-state index contributed by atoms with van der Waals surface area (Å²) in [5, 5.41) is 5.53. The van der Waals surface area contributed by atoms with Gasteiger partial charge >= 0.3 is 0 Å². The second-order valence-corrected chi connectivity index (χ2v) is 5.96. The number of nitrogens with one attached hydrogen (secondary N) is 2. The van der Waals surface area contributed by atoms with E-state index in [1.807, 2.05) is 13.8 Å². The quantitative estimate of drug-likeness (QED) is 0.872. The molecule has 0 bridgehead atoms. The second kappa shape index (κ2) is 7.79. The van der Waals surface area contributed by atoms with Gasteiger partial charge in [-0.25, -0.2) is 4.39 Å². The molecule has 0 spiro atoms. The van der Waals surface area contributed by atoms with E-state index in [0.717, 1.165) is 11.6 Å². The van der Waals surface area contributed by atoms with Crippen LogP contribution in [0.15, 0.2) is 36.4 Å². The van der Waals surface area contributed by atoms with Crippen LogP contribution in [0.2, 0.25) is 0 Å². The van der Waals surface area contributed by atoms with Crippen LogP contribution in [0.25, 0.3) is 0 Å². The summed E-state index contributed by atoms with van der Waals surface area (Å²) in [7, 11) is 1.41. The maximum Gasteiger partial charge on any atom is 0.259 e. The molecule has 5 nitrogen and oxygen atoms in total. The number of aryl methyl sites for hydroxylation is 1. The minimum atomic E-state index is -0.525. The van der Waals surface area contributed by atoms with Gasteiger partial charge in [0.05, 0.1) is 12.7 Å². The molecule has 2 rings (SSSR count). The Morgan fingerprint density at radius 3 is 2.40 bits per heavy atom. The molecule has 2 N–H and O–H groups in total.